The highest BCUT2D eigenvalue weighted by Gasteiger charge is 2.40. The van der Waals surface area contributed by atoms with Crippen LogP contribution in [0.4, 0.5) is 8.78 Å². The van der Waals surface area contributed by atoms with Gasteiger partial charge in [-0.05, 0) is 75.0 Å². The van der Waals surface area contributed by atoms with Crippen LogP contribution in [0.5, 0.6) is 0 Å². The number of rotatable bonds is 5. The average molecular weight is 387 g/mol. The first kappa shape index (κ1) is 24.6. The van der Waals surface area contributed by atoms with Gasteiger partial charge < -0.3 is 4.74 Å². The molecule has 3 aliphatic carbocycles. The summed E-state index contributed by atoms with van der Waals surface area (Å²) < 4.78 is 34.3. The lowest BCUT2D eigenvalue weighted by atomic mass is 9.75. The summed E-state index contributed by atoms with van der Waals surface area (Å²) in [6.07, 6.45) is 11.0. The van der Waals surface area contributed by atoms with Crippen molar-refractivity contribution in [3.63, 3.8) is 0 Å². The lowest BCUT2D eigenvalue weighted by molar-refractivity contribution is -0.243. The van der Waals surface area contributed by atoms with Gasteiger partial charge in [-0.3, -0.25) is 0 Å². The Balaban J connectivity index is 0.00000182. The zero-order valence-corrected chi connectivity index (χ0v) is 16.1. The molecule has 0 amide bonds. The third kappa shape index (κ3) is 7.15. The van der Waals surface area contributed by atoms with Crippen molar-refractivity contribution in [2.45, 2.75) is 118 Å². The van der Waals surface area contributed by atoms with Gasteiger partial charge >= 0.3 is 6.11 Å². The second-order valence-electron chi connectivity index (χ2n) is 9.25. The summed E-state index contributed by atoms with van der Waals surface area (Å²) in [7, 11) is 0. The second-order valence-corrected chi connectivity index (χ2v) is 9.25. The Labute approximate surface area is 167 Å². The van der Waals surface area contributed by atoms with Crippen LogP contribution < -0.4 is 0 Å². The van der Waals surface area contributed by atoms with Crippen LogP contribution in [0.15, 0.2) is 11.6 Å². The van der Waals surface area contributed by atoms with Crippen molar-refractivity contribution in [1.29, 1.82) is 0 Å². The Morgan fingerprint density at radius 3 is 1.93 bits per heavy atom. The second kappa shape index (κ2) is 10.9. The van der Waals surface area contributed by atoms with Gasteiger partial charge in [0.15, 0.2) is 0 Å². The molecule has 1 nitrogen and oxygen atoms in total. The highest BCUT2D eigenvalue weighted by atomic mass is 19.3. The van der Waals surface area contributed by atoms with Gasteiger partial charge in [0.1, 0.15) is 0 Å². The van der Waals surface area contributed by atoms with Crippen molar-refractivity contribution in [2.24, 2.45) is 23.7 Å². The number of hydrogen-bond acceptors (Lipinski definition) is 1. The summed E-state index contributed by atoms with van der Waals surface area (Å²) in [6, 6.07) is 0. The van der Waals surface area contributed by atoms with E-state index in [9.17, 15) is 8.78 Å². The first-order valence-electron chi connectivity index (χ1n) is 10.7. The van der Waals surface area contributed by atoms with Crippen LogP contribution in [-0.2, 0) is 4.74 Å². The first-order valence-corrected chi connectivity index (χ1v) is 10.7. The van der Waals surface area contributed by atoms with Crippen LogP contribution in [0.25, 0.3) is 0 Å². The standard InChI is InChI=1S/C22H36F2O.2CH4/c1-16-3-7-18(8-4-16)15-19-9-11-20(12-10-19)22(23,24)25-21-13-5-17(2)6-14-21;;/h11,16-19,21H,3-10,12-15H2,1-2H3;2*1H4. The molecule has 2 saturated carbocycles. The summed E-state index contributed by atoms with van der Waals surface area (Å²) in [4.78, 5) is 0. The molecule has 0 aromatic heterocycles. The van der Waals surface area contributed by atoms with Crippen LogP contribution in [0, 0.1) is 23.7 Å². The van der Waals surface area contributed by atoms with Crippen LogP contribution in [0.1, 0.15) is 106 Å². The fraction of sp³-hybridized carbons (Fsp3) is 0.917. The number of ether oxygens (including phenoxy) is 1. The van der Waals surface area contributed by atoms with Crippen molar-refractivity contribution in [2.75, 3.05) is 0 Å². The van der Waals surface area contributed by atoms with E-state index in [0.29, 0.717) is 18.3 Å². The molecule has 0 aromatic rings. The van der Waals surface area contributed by atoms with E-state index in [4.69, 9.17) is 4.74 Å². The van der Waals surface area contributed by atoms with Crippen molar-refractivity contribution < 1.29 is 13.5 Å². The van der Waals surface area contributed by atoms with Gasteiger partial charge in [0.25, 0.3) is 0 Å². The lowest BCUT2D eigenvalue weighted by Gasteiger charge is -2.34. The van der Waals surface area contributed by atoms with Crippen LogP contribution in [0.3, 0.4) is 0 Å². The minimum Gasteiger partial charge on any atom is -0.313 e. The summed E-state index contributed by atoms with van der Waals surface area (Å²) in [5, 5.41) is 0. The average Bonchev–Trinajstić information content (AvgIpc) is 2.59. The van der Waals surface area contributed by atoms with E-state index in [1.54, 1.807) is 0 Å². The summed E-state index contributed by atoms with van der Waals surface area (Å²) in [6.45, 7) is 4.55. The number of alkyl halides is 2. The molecular formula is C24H44F2O. The Morgan fingerprint density at radius 1 is 0.852 bits per heavy atom. The Hall–Kier alpha value is -0.440. The van der Waals surface area contributed by atoms with Crippen LogP contribution in [0.2, 0.25) is 0 Å². The molecule has 0 heterocycles. The largest absolute Gasteiger partial charge is 0.379 e. The van der Waals surface area contributed by atoms with Gasteiger partial charge in [-0.15, -0.1) is 0 Å². The number of allylic oxidation sites excluding steroid dienone is 1. The molecule has 1 atom stereocenters. The molecule has 0 aromatic carbocycles. The van der Waals surface area contributed by atoms with Gasteiger partial charge in [-0.1, -0.05) is 60.5 Å². The predicted octanol–water partition coefficient (Wildman–Crippen LogP) is 8.39. The molecule has 3 rings (SSSR count). The third-order valence-corrected chi connectivity index (χ3v) is 6.97. The maximum atomic E-state index is 14.5. The molecule has 1 unspecified atom stereocenters. The SMILES string of the molecule is C.C.CC1CCC(CC2CC=C(C(F)(F)OC3CCC(C)CC3)CC2)CC1. The fourth-order valence-electron chi connectivity index (χ4n) is 5.04. The number of halogens is 2. The molecule has 0 saturated heterocycles. The Bertz CT molecular complexity index is 443. The molecule has 0 spiro atoms. The molecule has 3 heteroatoms. The Morgan fingerprint density at radius 2 is 1.41 bits per heavy atom. The first-order chi connectivity index (χ1) is 11.9. The van der Waals surface area contributed by atoms with Crippen molar-refractivity contribution in [3.8, 4) is 0 Å². The van der Waals surface area contributed by atoms with Gasteiger partial charge in [-0.2, -0.15) is 8.78 Å². The van der Waals surface area contributed by atoms with E-state index >= 15 is 0 Å². The van der Waals surface area contributed by atoms with Crippen LogP contribution >= 0.6 is 0 Å². The van der Waals surface area contributed by atoms with E-state index in [1.165, 1.54) is 32.1 Å². The molecule has 160 valence electrons. The summed E-state index contributed by atoms with van der Waals surface area (Å²) in [5.74, 6) is 2.98. The number of hydrogen-bond donors (Lipinski definition) is 0. The topological polar surface area (TPSA) is 9.23 Å². The van der Waals surface area contributed by atoms with E-state index in [2.05, 4.69) is 13.8 Å². The Kier molecular flexibility index (Phi) is 9.96. The van der Waals surface area contributed by atoms with Gasteiger partial charge in [0.2, 0.25) is 0 Å². The maximum absolute atomic E-state index is 14.5. The van der Waals surface area contributed by atoms with Crippen molar-refractivity contribution >= 4 is 0 Å². The minimum atomic E-state index is -3.05. The molecule has 0 radical (unpaired) electrons. The normalized spacial score (nSPS) is 34.8. The van der Waals surface area contributed by atoms with E-state index in [-0.39, 0.29) is 26.5 Å². The quantitative estimate of drug-likeness (QED) is 0.431. The lowest BCUT2D eigenvalue weighted by Crippen LogP contribution is -2.33. The molecule has 0 bridgehead atoms. The fourth-order valence-corrected chi connectivity index (χ4v) is 5.04. The molecule has 0 aliphatic heterocycles. The zero-order valence-electron chi connectivity index (χ0n) is 16.1. The zero-order chi connectivity index (χ0) is 17.9. The van der Waals surface area contributed by atoms with E-state index < -0.39 is 6.11 Å². The summed E-state index contributed by atoms with van der Waals surface area (Å²) >= 11 is 0. The van der Waals surface area contributed by atoms with Crippen molar-refractivity contribution in [3.05, 3.63) is 11.6 Å². The van der Waals surface area contributed by atoms with Crippen LogP contribution in [-0.4, -0.2) is 12.2 Å². The van der Waals surface area contributed by atoms with E-state index in [0.717, 1.165) is 50.4 Å². The molecule has 0 N–H and O–H groups in total. The van der Waals surface area contributed by atoms with E-state index in [1.807, 2.05) is 6.08 Å². The highest BCUT2D eigenvalue weighted by molar-refractivity contribution is 5.13. The van der Waals surface area contributed by atoms with Crippen molar-refractivity contribution in [1.82, 2.24) is 0 Å². The predicted molar refractivity (Wildman–Crippen MR) is 112 cm³/mol. The third-order valence-electron chi connectivity index (χ3n) is 6.97. The smallest absolute Gasteiger partial charge is 0.313 e. The van der Waals surface area contributed by atoms with Gasteiger partial charge in [-0.25, -0.2) is 0 Å². The monoisotopic (exact) mass is 386 g/mol. The molecule has 27 heavy (non-hydrogen) atoms. The van der Waals surface area contributed by atoms with Gasteiger partial charge in [0, 0.05) is 5.57 Å². The van der Waals surface area contributed by atoms with Gasteiger partial charge in [0.05, 0.1) is 6.10 Å². The minimum absolute atomic E-state index is 0. The summed E-state index contributed by atoms with van der Waals surface area (Å²) in [5.41, 5.74) is 0.250. The molecule has 3 aliphatic rings. The molecule has 2 fully saturated rings. The maximum Gasteiger partial charge on any atom is 0.379 e. The molecular weight excluding hydrogens is 342 g/mol. The highest BCUT2D eigenvalue weighted by Crippen LogP contribution is 2.41.